The normalized spacial score (nSPS) is 17.9. The molecule has 0 spiro atoms. The zero-order valence-corrected chi connectivity index (χ0v) is 14.5. The van der Waals surface area contributed by atoms with Crippen LogP contribution in [0.2, 0.25) is 0 Å². The number of hydrogen-bond donors (Lipinski definition) is 1. The molecule has 1 aromatic carbocycles. The van der Waals surface area contributed by atoms with Crippen molar-refractivity contribution in [1.29, 1.82) is 0 Å². The number of ether oxygens (including phenoxy) is 2. The maximum atomic E-state index is 12.7. The fraction of sp³-hybridized carbons (Fsp3) is 0.412. The fourth-order valence-corrected chi connectivity index (χ4v) is 3.23. The van der Waals surface area contributed by atoms with E-state index in [0.29, 0.717) is 23.7 Å². The molecule has 1 aliphatic heterocycles. The molecule has 5 nitrogen and oxygen atoms in total. The molecular weight excluding hydrogens is 369 g/mol. The SMILES string of the molecule is O=c1[nH]c(SCc2cccc(C(F)(F)F)c2)ncc1OC1CCCCO1. The monoisotopic (exact) mass is 386 g/mol. The van der Waals surface area contributed by atoms with Crippen molar-refractivity contribution in [2.45, 2.75) is 42.6 Å². The molecule has 1 fully saturated rings. The van der Waals surface area contributed by atoms with Gasteiger partial charge in [0, 0.05) is 12.2 Å². The van der Waals surface area contributed by atoms with Crippen LogP contribution in [0.3, 0.4) is 0 Å². The van der Waals surface area contributed by atoms with Crippen LogP contribution in [0.25, 0.3) is 0 Å². The van der Waals surface area contributed by atoms with E-state index in [4.69, 9.17) is 9.47 Å². The average Bonchev–Trinajstić information content (AvgIpc) is 2.62. The second kappa shape index (κ2) is 8.13. The molecule has 2 aromatic rings. The van der Waals surface area contributed by atoms with Gasteiger partial charge in [0.1, 0.15) is 0 Å². The summed E-state index contributed by atoms with van der Waals surface area (Å²) in [4.78, 5) is 18.7. The Morgan fingerprint density at radius 1 is 1.35 bits per heavy atom. The summed E-state index contributed by atoms with van der Waals surface area (Å²) in [5.41, 5.74) is -0.655. The number of aromatic amines is 1. The summed E-state index contributed by atoms with van der Waals surface area (Å²) in [7, 11) is 0. The standard InChI is InChI=1S/C17H17F3N2O3S/c18-17(19,20)12-5-3-4-11(8-12)10-26-16-21-9-13(15(23)22-16)25-14-6-1-2-7-24-14/h3-5,8-9,14H,1-2,6-7,10H2,(H,21,22,23). The first-order valence-corrected chi connectivity index (χ1v) is 9.07. The lowest BCUT2D eigenvalue weighted by molar-refractivity contribution is -0.137. The van der Waals surface area contributed by atoms with Crippen LogP contribution in [0.5, 0.6) is 5.75 Å². The second-order valence-corrected chi connectivity index (χ2v) is 6.75. The van der Waals surface area contributed by atoms with Gasteiger partial charge in [-0.1, -0.05) is 30.0 Å². The van der Waals surface area contributed by atoms with E-state index in [0.717, 1.165) is 36.7 Å². The molecule has 1 unspecified atom stereocenters. The van der Waals surface area contributed by atoms with Crippen LogP contribution < -0.4 is 10.3 Å². The minimum Gasteiger partial charge on any atom is -0.458 e. The summed E-state index contributed by atoms with van der Waals surface area (Å²) < 4.78 is 49.1. The number of nitrogens with zero attached hydrogens (tertiary/aromatic N) is 1. The van der Waals surface area contributed by atoms with Crippen molar-refractivity contribution in [3.63, 3.8) is 0 Å². The van der Waals surface area contributed by atoms with Crippen LogP contribution in [0.1, 0.15) is 30.4 Å². The third kappa shape index (κ3) is 5.01. The number of aromatic nitrogens is 2. The van der Waals surface area contributed by atoms with Crippen molar-refractivity contribution < 1.29 is 22.6 Å². The maximum absolute atomic E-state index is 12.7. The molecular formula is C17H17F3N2O3S. The van der Waals surface area contributed by atoms with Gasteiger partial charge >= 0.3 is 6.18 Å². The first-order valence-electron chi connectivity index (χ1n) is 8.08. The molecule has 9 heteroatoms. The van der Waals surface area contributed by atoms with Gasteiger partial charge in [-0.3, -0.25) is 9.78 Å². The van der Waals surface area contributed by atoms with Crippen LogP contribution >= 0.6 is 11.8 Å². The number of halogens is 3. The highest BCUT2D eigenvalue weighted by atomic mass is 32.2. The Labute approximate surface area is 151 Å². The molecule has 0 saturated carbocycles. The summed E-state index contributed by atoms with van der Waals surface area (Å²) in [6.07, 6.45) is -0.861. The second-order valence-electron chi connectivity index (χ2n) is 5.78. The minimum atomic E-state index is -4.38. The van der Waals surface area contributed by atoms with Crippen LogP contribution in [0.4, 0.5) is 13.2 Å². The van der Waals surface area contributed by atoms with Gasteiger partial charge in [0.2, 0.25) is 5.75 Å². The molecule has 1 aliphatic rings. The number of rotatable bonds is 5. The minimum absolute atomic E-state index is 0.0697. The van der Waals surface area contributed by atoms with Gasteiger partial charge in [0.05, 0.1) is 18.4 Å². The first kappa shape index (κ1) is 18.8. The molecule has 2 heterocycles. The largest absolute Gasteiger partial charge is 0.458 e. The smallest absolute Gasteiger partial charge is 0.416 e. The van der Waals surface area contributed by atoms with Gasteiger partial charge in [-0.15, -0.1) is 0 Å². The molecule has 0 bridgehead atoms. The van der Waals surface area contributed by atoms with E-state index in [1.165, 1.54) is 12.3 Å². The Morgan fingerprint density at radius 3 is 2.88 bits per heavy atom. The Bertz CT molecular complexity index is 804. The van der Waals surface area contributed by atoms with E-state index in [1.54, 1.807) is 6.07 Å². The molecule has 26 heavy (non-hydrogen) atoms. The number of H-pyrrole nitrogens is 1. The molecule has 1 saturated heterocycles. The number of benzene rings is 1. The van der Waals surface area contributed by atoms with Crippen molar-refractivity contribution in [1.82, 2.24) is 9.97 Å². The van der Waals surface area contributed by atoms with Crippen molar-refractivity contribution in [2.24, 2.45) is 0 Å². The van der Waals surface area contributed by atoms with Gasteiger partial charge < -0.3 is 9.47 Å². The van der Waals surface area contributed by atoms with Crippen molar-refractivity contribution in [2.75, 3.05) is 6.61 Å². The fourth-order valence-electron chi connectivity index (χ4n) is 2.46. The van der Waals surface area contributed by atoms with Gasteiger partial charge in [0.25, 0.3) is 5.56 Å². The maximum Gasteiger partial charge on any atom is 0.416 e. The summed E-state index contributed by atoms with van der Waals surface area (Å²) in [5.74, 6) is 0.319. The first-order chi connectivity index (χ1) is 12.4. The van der Waals surface area contributed by atoms with Crippen LogP contribution in [0.15, 0.2) is 40.4 Å². The summed E-state index contributed by atoms with van der Waals surface area (Å²) in [6.45, 7) is 0.598. The van der Waals surface area contributed by atoms with Gasteiger partial charge in [0.15, 0.2) is 11.4 Å². The topological polar surface area (TPSA) is 64.2 Å². The third-order valence-corrected chi connectivity index (χ3v) is 4.73. The lowest BCUT2D eigenvalue weighted by Gasteiger charge is -2.22. The van der Waals surface area contributed by atoms with Crippen molar-refractivity contribution in [3.8, 4) is 5.75 Å². The Balaban J connectivity index is 1.62. The number of hydrogen-bond acceptors (Lipinski definition) is 5. The average molecular weight is 386 g/mol. The van der Waals surface area contributed by atoms with E-state index in [9.17, 15) is 18.0 Å². The predicted octanol–water partition coefficient (Wildman–Crippen LogP) is 3.99. The van der Waals surface area contributed by atoms with E-state index in [1.807, 2.05) is 0 Å². The number of thioether (sulfide) groups is 1. The molecule has 1 aromatic heterocycles. The molecule has 0 aliphatic carbocycles. The lowest BCUT2D eigenvalue weighted by atomic mass is 10.1. The Morgan fingerprint density at radius 2 is 2.19 bits per heavy atom. The highest BCUT2D eigenvalue weighted by Gasteiger charge is 2.30. The summed E-state index contributed by atoms with van der Waals surface area (Å²) in [5, 5.41) is 0.310. The highest BCUT2D eigenvalue weighted by Crippen LogP contribution is 2.30. The lowest BCUT2D eigenvalue weighted by Crippen LogP contribution is -2.27. The van der Waals surface area contributed by atoms with Gasteiger partial charge in [-0.05, 0) is 24.5 Å². The Kier molecular flexibility index (Phi) is 5.87. The van der Waals surface area contributed by atoms with E-state index < -0.39 is 23.6 Å². The van der Waals surface area contributed by atoms with Crippen molar-refractivity contribution >= 4 is 11.8 Å². The van der Waals surface area contributed by atoms with E-state index >= 15 is 0 Å². The zero-order valence-electron chi connectivity index (χ0n) is 13.7. The van der Waals surface area contributed by atoms with Crippen molar-refractivity contribution in [3.05, 3.63) is 51.9 Å². The summed E-state index contributed by atoms with van der Waals surface area (Å²) >= 11 is 1.14. The summed E-state index contributed by atoms with van der Waals surface area (Å²) in [6, 6.07) is 5.06. The highest BCUT2D eigenvalue weighted by molar-refractivity contribution is 7.98. The zero-order chi connectivity index (χ0) is 18.6. The van der Waals surface area contributed by atoms with Gasteiger partial charge in [-0.25, -0.2) is 4.98 Å². The molecule has 1 atom stereocenters. The third-order valence-electron chi connectivity index (χ3n) is 3.77. The Hall–Kier alpha value is -2.00. The van der Waals surface area contributed by atoms with Gasteiger partial charge in [-0.2, -0.15) is 13.2 Å². The van der Waals surface area contributed by atoms with E-state index in [2.05, 4.69) is 9.97 Å². The molecule has 0 amide bonds. The quantitative estimate of drug-likeness (QED) is 0.622. The molecule has 140 valence electrons. The predicted molar refractivity (Wildman–Crippen MR) is 90.1 cm³/mol. The van der Waals surface area contributed by atoms with Crippen LogP contribution in [-0.2, 0) is 16.7 Å². The number of alkyl halides is 3. The molecule has 0 radical (unpaired) electrons. The van der Waals surface area contributed by atoms with Crippen LogP contribution in [0, 0.1) is 0 Å². The molecule has 1 N–H and O–H groups in total. The van der Waals surface area contributed by atoms with E-state index in [-0.39, 0.29) is 11.5 Å². The van der Waals surface area contributed by atoms with Crippen LogP contribution in [-0.4, -0.2) is 22.9 Å². The molecule has 3 rings (SSSR count). The number of nitrogens with one attached hydrogen (secondary N) is 1.